The second-order valence-corrected chi connectivity index (χ2v) is 8.52. The van der Waals surface area contributed by atoms with Crippen LogP contribution in [0.1, 0.15) is 22.8 Å². The van der Waals surface area contributed by atoms with Crippen LogP contribution >= 0.6 is 11.3 Å². The highest BCUT2D eigenvalue weighted by atomic mass is 32.1. The first-order chi connectivity index (χ1) is 15.6. The Balaban J connectivity index is 1.72. The zero-order chi connectivity index (χ0) is 22.2. The standard InChI is InChI=1S/C25H21N3O3S/c1-14-9-18(22-19(10-14)27-21(31-3)13-26-22)25-28-23-17(11-16(30-2)12-20(23)32-25)24(29)15-7-5-4-6-8-15/h4-13,24,29H,1-3H3. The number of thiazole rings is 1. The topological polar surface area (TPSA) is 77.4 Å². The third-order valence-corrected chi connectivity index (χ3v) is 6.39. The van der Waals surface area contributed by atoms with Crippen LogP contribution in [0, 0.1) is 6.92 Å². The molecule has 0 fully saturated rings. The largest absolute Gasteiger partial charge is 0.497 e. The molecule has 1 unspecified atom stereocenters. The van der Waals surface area contributed by atoms with E-state index in [1.54, 1.807) is 20.4 Å². The molecule has 2 heterocycles. The van der Waals surface area contributed by atoms with Crippen LogP contribution < -0.4 is 9.47 Å². The predicted molar refractivity (Wildman–Crippen MR) is 126 cm³/mol. The van der Waals surface area contributed by atoms with Crippen molar-refractivity contribution >= 4 is 32.6 Å². The summed E-state index contributed by atoms with van der Waals surface area (Å²) in [7, 11) is 3.20. The van der Waals surface area contributed by atoms with Gasteiger partial charge in [0.2, 0.25) is 5.88 Å². The molecule has 6 nitrogen and oxygen atoms in total. The Kier molecular flexibility index (Phi) is 5.20. The molecular weight excluding hydrogens is 422 g/mol. The van der Waals surface area contributed by atoms with Gasteiger partial charge in [-0.05, 0) is 42.3 Å². The number of ether oxygens (including phenoxy) is 2. The molecule has 3 aromatic carbocycles. The van der Waals surface area contributed by atoms with Gasteiger partial charge in [-0.2, -0.15) is 0 Å². The third kappa shape index (κ3) is 3.55. The van der Waals surface area contributed by atoms with Crippen LogP contribution in [0.25, 0.3) is 31.8 Å². The molecule has 1 atom stereocenters. The molecule has 0 amide bonds. The highest BCUT2D eigenvalue weighted by Gasteiger charge is 2.20. The maximum atomic E-state index is 11.1. The van der Waals surface area contributed by atoms with Crippen molar-refractivity contribution < 1.29 is 14.6 Å². The predicted octanol–water partition coefficient (Wildman–Crippen LogP) is 5.31. The van der Waals surface area contributed by atoms with E-state index >= 15 is 0 Å². The first kappa shape index (κ1) is 20.4. The van der Waals surface area contributed by atoms with Crippen LogP contribution in [0.5, 0.6) is 11.6 Å². The molecule has 0 bridgehead atoms. The minimum Gasteiger partial charge on any atom is -0.497 e. The number of fused-ring (bicyclic) bond motifs is 2. The zero-order valence-electron chi connectivity index (χ0n) is 17.9. The summed E-state index contributed by atoms with van der Waals surface area (Å²) in [5.74, 6) is 1.15. The molecule has 32 heavy (non-hydrogen) atoms. The second-order valence-electron chi connectivity index (χ2n) is 7.49. The van der Waals surface area contributed by atoms with Gasteiger partial charge in [-0.15, -0.1) is 11.3 Å². The van der Waals surface area contributed by atoms with Crippen molar-refractivity contribution in [2.24, 2.45) is 0 Å². The van der Waals surface area contributed by atoms with E-state index in [1.807, 2.05) is 55.5 Å². The average molecular weight is 444 g/mol. The van der Waals surface area contributed by atoms with Gasteiger partial charge in [-0.25, -0.2) is 15.0 Å². The first-order valence-corrected chi connectivity index (χ1v) is 10.9. The quantitative estimate of drug-likeness (QED) is 0.396. The summed E-state index contributed by atoms with van der Waals surface area (Å²) in [6.07, 6.45) is 0.796. The molecule has 0 aliphatic heterocycles. The molecule has 7 heteroatoms. The van der Waals surface area contributed by atoms with E-state index < -0.39 is 6.10 Å². The van der Waals surface area contributed by atoms with Crippen molar-refractivity contribution in [3.05, 3.63) is 77.5 Å². The molecule has 1 N–H and O–H groups in total. The lowest BCUT2D eigenvalue weighted by molar-refractivity contribution is 0.221. The molecule has 5 rings (SSSR count). The van der Waals surface area contributed by atoms with Crippen molar-refractivity contribution in [2.75, 3.05) is 14.2 Å². The monoisotopic (exact) mass is 443 g/mol. The maximum Gasteiger partial charge on any atom is 0.232 e. The first-order valence-electron chi connectivity index (χ1n) is 10.1. The van der Waals surface area contributed by atoms with E-state index in [0.717, 1.165) is 42.9 Å². The Labute approximate surface area is 189 Å². The van der Waals surface area contributed by atoms with Gasteiger partial charge in [0.25, 0.3) is 0 Å². The van der Waals surface area contributed by atoms with Gasteiger partial charge in [-0.3, -0.25) is 0 Å². The number of methoxy groups -OCH3 is 2. The number of aryl methyl sites for hydroxylation is 1. The van der Waals surface area contributed by atoms with Crippen LogP contribution in [0.4, 0.5) is 0 Å². The summed E-state index contributed by atoms with van der Waals surface area (Å²) in [6, 6.07) is 17.4. The van der Waals surface area contributed by atoms with Gasteiger partial charge in [-0.1, -0.05) is 30.3 Å². The van der Waals surface area contributed by atoms with Crippen LogP contribution in [0.2, 0.25) is 0 Å². The fraction of sp³-hybridized carbons (Fsp3) is 0.160. The molecular formula is C25H21N3O3S. The number of aliphatic hydroxyl groups excluding tert-OH is 1. The van der Waals surface area contributed by atoms with Crippen molar-refractivity contribution in [3.8, 4) is 22.2 Å². The number of benzene rings is 3. The maximum absolute atomic E-state index is 11.1. The van der Waals surface area contributed by atoms with Crippen molar-refractivity contribution in [1.29, 1.82) is 0 Å². The molecule has 2 aromatic heterocycles. The highest BCUT2D eigenvalue weighted by Crippen LogP contribution is 2.40. The Morgan fingerprint density at radius 1 is 0.938 bits per heavy atom. The zero-order valence-corrected chi connectivity index (χ0v) is 18.7. The molecule has 0 saturated heterocycles. The number of aromatic nitrogens is 3. The fourth-order valence-corrected chi connectivity index (χ4v) is 4.84. The van der Waals surface area contributed by atoms with E-state index in [1.165, 1.54) is 11.3 Å². The molecule has 0 spiro atoms. The lowest BCUT2D eigenvalue weighted by Gasteiger charge is -2.13. The Hall–Kier alpha value is -3.55. The minimum absolute atomic E-state index is 0.469. The minimum atomic E-state index is -0.818. The number of hydrogen-bond acceptors (Lipinski definition) is 7. The second kappa shape index (κ2) is 8.18. The van der Waals surface area contributed by atoms with E-state index in [2.05, 4.69) is 16.0 Å². The van der Waals surface area contributed by atoms with E-state index in [9.17, 15) is 5.11 Å². The summed E-state index contributed by atoms with van der Waals surface area (Å²) in [4.78, 5) is 14.1. The molecule has 5 aromatic rings. The van der Waals surface area contributed by atoms with E-state index in [0.29, 0.717) is 17.2 Å². The Morgan fingerprint density at radius 2 is 1.75 bits per heavy atom. The third-order valence-electron chi connectivity index (χ3n) is 5.35. The molecule has 160 valence electrons. The normalized spacial score (nSPS) is 12.2. The average Bonchev–Trinajstić information content (AvgIpc) is 3.26. The van der Waals surface area contributed by atoms with Crippen LogP contribution in [0.3, 0.4) is 0 Å². The van der Waals surface area contributed by atoms with E-state index in [-0.39, 0.29) is 0 Å². The molecule has 0 aliphatic rings. The molecule has 0 aliphatic carbocycles. The number of aliphatic hydroxyl groups is 1. The summed E-state index contributed by atoms with van der Waals surface area (Å²) in [6.45, 7) is 2.02. The lowest BCUT2D eigenvalue weighted by Crippen LogP contribution is -2.01. The van der Waals surface area contributed by atoms with Crippen LogP contribution in [0.15, 0.2) is 60.8 Å². The highest BCUT2D eigenvalue weighted by molar-refractivity contribution is 7.21. The van der Waals surface area contributed by atoms with E-state index in [4.69, 9.17) is 14.5 Å². The van der Waals surface area contributed by atoms with Gasteiger partial charge in [0.1, 0.15) is 16.9 Å². The van der Waals surface area contributed by atoms with Crippen LogP contribution in [-0.2, 0) is 0 Å². The van der Waals surface area contributed by atoms with Crippen molar-refractivity contribution in [2.45, 2.75) is 13.0 Å². The smallest absolute Gasteiger partial charge is 0.232 e. The fourth-order valence-electron chi connectivity index (χ4n) is 3.79. The Morgan fingerprint density at radius 3 is 2.50 bits per heavy atom. The summed E-state index contributed by atoms with van der Waals surface area (Å²) >= 11 is 1.54. The van der Waals surface area contributed by atoms with Crippen molar-refractivity contribution in [1.82, 2.24) is 15.0 Å². The summed E-state index contributed by atoms with van der Waals surface area (Å²) in [5, 5.41) is 11.9. The van der Waals surface area contributed by atoms with Gasteiger partial charge in [0.05, 0.1) is 41.7 Å². The number of rotatable bonds is 5. The van der Waals surface area contributed by atoms with Gasteiger partial charge in [0.15, 0.2) is 0 Å². The SMILES string of the molecule is COc1cc(C(O)c2ccccc2)c2nc(-c3cc(C)cc4nc(OC)cnc34)sc2c1. The van der Waals surface area contributed by atoms with Gasteiger partial charge >= 0.3 is 0 Å². The summed E-state index contributed by atoms with van der Waals surface area (Å²) in [5.41, 5.74) is 5.71. The summed E-state index contributed by atoms with van der Waals surface area (Å²) < 4.78 is 11.7. The molecule has 0 saturated carbocycles. The van der Waals surface area contributed by atoms with Crippen molar-refractivity contribution in [3.63, 3.8) is 0 Å². The lowest BCUT2D eigenvalue weighted by atomic mass is 10.0. The number of nitrogens with zero attached hydrogens (tertiary/aromatic N) is 3. The van der Waals surface area contributed by atoms with Gasteiger partial charge in [0, 0.05) is 11.1 Å². The molecule has 0 radical (unpaired) electrons. The van der Waals surface area contributed by atoms with Crippen LogP contribution in [-0.4, -0.2) is 34.3 Å². The number of hydrogen-bond donors (Lipinski definition) is 1. The Bertz CT molecular complexity index is 1430. The van der Waals surface area contributed by atoms with Gasteiger partial charge < -0.3 is 14.6 Å².